The van der Waals surface area contributed by atoms with Crippen LogP contribution in [0.5, 0.6) is 5.75 Å². The van der Waals surface area contributed by atoms with Crippen molar-refractivity contribution in [1.29, 1.82) is 0 Å². The lowest BCUT2D eigenvalue weighted by atomic mass is 10.1. The van der Waals surface area contributed by atoms with Gasteiger partial charge in [0.2, 0.25) is 0 Å². The molecule has 1 rings (SSSR count). The summed E-state index contributed by atoms with van der Waals surface area (Å²) in [7, 11) is 1.71. The van der Waals surface area contributed by atoms with Crippen LogP contribution in [-0.4, -0.2) is 26.4 Å². The molecule has 16 heavy (non-hydrogen) atoms. The zero-order valence-electron chi connectivity index (χ0n) is 10.1. The van der Waals surface area contributed by atoms with Crippen molar-refractivity contribution in [3.63, 3.8) is 0 Å². The first-order valence-electron chi connectivity index (χ1n) is 5.68. The van der Waals surface area contributed by atoms with Gasteiger partial charge in [-0.15, -0.1) is 0 Å². The Morgan fingerprint density at radius 2 is 1.88 bits per heavy atom. The van der Waals surface area contributed by atoms with E-state index < -0.39 is 0 Å². The Hall–Kier alpha value is -1.06. The third kappa shape index (κ3) is 5.14. The highest BCUT2D eigenvalue weighted by Gasteiger charge is 1.97. The first-order chi connectivity index (χ1) is 7.72. The summed E-state index contributed by atoms with van der Waals surface area (Å²) in [4.78, 5) is 0. The molecule has 1 atom stereocenters. The molecule has 0 aromatic heterocycles. The molecule has 1 aromatic carbocycles. The zero-order chi connectivity index (χ0) is 11.8. The number of rotatable bonds is 7. The van der Waals surface area contributed by atoms with E-state index in [4.69, 9.17) is 15.2 Å². The summed E-state index contributed by atoms with van der Waals surface area (Å²) in [5.41, 5.74) is 6.91. The Morgan fingerprint density at radius 3 is 2.44 bits per heavy atom. The van der Waals surface area contributed by atoms with Crippen LogP contribution in [0.4, 0.5) is 0 Å². The van der Waals surface area contributed by atoms with Crippen LogP contribution in [-0.2, 0) is 11.2 Å². The normalized spacial score (nSPS) is 12.4. The van der Waals surface area contributed by atoms with Gasteiger partial charge in [-0.3, -0.25) is 0 Å². The van der Waals surface area contributed by atoms with Gasteiger partial charge in [0.1, 0.15) is 5.75 Å². The van der Waals surface area contributed by atoms with Gasteiger partial charge in [0.15, 0.2) is 0 Å². The minimum Gasteiger partial charge on any atom is -0.494 e. The molecule has 3 nitrogen and oxygen atoms in total. The lowest BCUT2D eigenvalue weighted by Gasteiger charge is -2.08. The number of hydrogen-bond donors (Lipinski definition) is 1. The average Bonchev–Trinajstić information content (AvgIpc) is 2.27. The molecule has 0 radical (unpaired) electrons. The standard InChI is InChI=1S/C13H21NO2/c1-11(14)7-10-16-13-5-3-12(4-6-13)8-9-15-2/h3-6,11H,7-10,14H2,1-2H3. The van der Waals surface area contributed by atoms with E-state index in [0.717, 1.165) is 25.2 Å². The molecule has 0 aliphatic heterocycles. The van der Waals surface area contributed by atoms with E-state index in [1.54, 1.807) is 7.11 Å². The van der Waals surface area contributed by atoms with Crippen LogP contribution in [0.3, 0.4) is 0 Å². The number of hydrogen-bond acceptors (Lipinski definition) is 3. The highest BCUT2D eigenvalue weighted by atomic mass is 16.5. The highest BCUT2D eigenvalue weighted by molar-refractivity contribution is 5.27. The molecule has 0 saturated heterocycles. The van der Waals surface area contributed by atoms with E-state index in [-0.39, 0.29) is 6.04 Å². The average molecular weight is 223 g/mol. The maximum absolute atomic E-state index is 5.64. The van der Waals surface area contributed by atoms with E-state index in [2.05, 4.69) is 12.1 Å². The predicted octanol–water partition coefficient (Wildman–Crippen LogP) is 1.99. The van der Waals surface area contributed by atoms with Gasteiger partial charge in [0, 0.05) is 13.2 Å². The first-order valence-corrected chi connectivity index (χ1v) is 5.68. The molecule has 0 amide bonds. The van der Waals surface area contributed by atoms with Gasteiger partial charge in [0.25, 0.3) is 0 Å². The Balaban J connectivity index is 2.33. The minimum absolute atomic E-state index is 0.195. The minimum atomic E-state index is 0.195. The molecule has 0 fully saturated rings. The maximum atomic E-state index is 5.64. The van der Waals surface area contributed by atoms with Crippen molar-refractivity contribution in [3.05, 3.63) is 29.8 Å². The van der Waals surface area contributed by atoms with E-state index >= 15 is 0 Å². The third-order valence-electron chi connectivity index (χ3n) is 2.36. The molecule has 0 aliphatic carbocycles. The molecule has 0 bridgehead atoms. The molecule has 1 aromatic rings. The summed E-state index contributed by atoms with van der Waals surface area (Å²) in [6.45, 7) is 3.41. The predicted molar refractivity (Wildman–Crippen MR) is 65.8 cm³/mol. The third-order valence-corrected chi connectivity index (χ3v) is 2.36. The maximum Gasteiger partial charge on any atom is 0.119 e. The summed E-state index contributed by atoms with van der Waals surface area (Å²) in [6, 6.07) is 8.32. The Labute approximate surface area is 97.6 Å². The van der Waals surface area contributed by atoms with Gasteiger partial charge in [-0.2, -0.15) is 0 Å². The summed E-state index contributed by atoms with van der Waals surface area (Å²) in [5.74, 6) is 0.904. The molecule has 3 heteroatoms. The van der Waals surface area contributed by atoms with E-state index in [1.807, 2.05) is 19.1 Å². The van der Waals surface area contributed by atoms with Crippen molar-refractivity contribution in [2.75, 3.05) is 20.3 Å². The van der Waals surface area contributed by atoms with Gasteiger partial charge < -0.3 is 15.2 Å². The second-order valence-electron chi connectivity index (χ2n) is 4.00. The zero-order valence-corrected chi connectivity index (χ0v) is 10.1. The van der Waals surface area contributed by atoms with Crippen LogP contribution >= 0.6 is 0 Å². The van der Waals surface area contributed by atoms with Crippen molar-refractivity contribution in [1.82, 2.24) is 0 Å². The molecule has 1 unspecified atom stereocenters. The molecule has 0 spiro atoms. The molecular formula is C13H21NO2. The van der Waals surface area contributed by atoms with Gasteiger partial charge in [0.05, 0.1) is 13.2 Å². The molecule has 0 heterocycles. The Kier molecular flexibility index (Phi) is 5.90. The Morgan fingerprint density at radius 1 is 1.19 bits per heavy atom. The van der Waals surface area contributed by atoms with Crippen molar-refractivity contribution in [2.24, 2.45) is 5.73 Å². The van der Waals surface area contributed by atoms with Crippen LogP contribution in [0, 0.1) is 0 Å². The van der Waals surface area contributed by atoms with Crippen LogP contribution < -0.4 is 10.5 Å². The first kappa shape index (κ1) is 13.0. The Bertz CT molecular complexity index is 282. The van der Waals surface area contributed by atoms with Gasteiger partial charge in [-0.05, 0) is 37.5 Å². The van der Waals surface area contributed by atoms with Gasteiger partial charge in [-0.1, -0.05) is 12.1 Å². The largest absolute Gasteiger partial charge is 0.494 e. The molecule has 0 aliphatic rings. The second kappa shape index (κ2) is 7.25. The molecule has 90 valence electrons. The monoisotopic (exact) mass is 223 g/mol. The smallest absolute Gasteiger partial charge is 0.119 e. The van der Waals surface area contributed by atoms with Crippen LogP contribution in [0.2, 0.25) is 0 Å². The summed E-state index contributed by atoms with van der Waals surface area (Å²) in [6.07, 6.45) is 1.82. The molecular weight excluding hydrogens is 202 g/mol. The van der Waals surface area contributed by atoms with E-state index in [9.17, 15) is 0 Å². The lowest BCUT2D eigenvalue weighted by molar-refractivity contribution is 0.202. The number of ether oxygens (including phenoxy) is 2. The van der Waals surface area contributed by atoms with Crippen LogP contribution in [0.15, 0.2) is 24.3 Å². The second-order valence-corrected chi connectivity index (χ2v) is 4.00. The fourth-order valence-electron chi connectivity index (χ4n) is 1.33. The van der Waals surface area contributed by atoms with E-state index in [1.165, 1.54) is 5.56 Å². The topological polar surface area (TPSA) is 44.5 Å². The van der Waals surface area contributed by atoms with Gasteiger partial charge in [-0.25, -0.2) is 0 Å². The van der Waals surface area contributed by atoms with Crippen molar-refractivity contribution in [3.8, 4) is 5.75 Å². The number of nitrogens with two attached hydrogens (primary N) is 1. The highest BCUT2D eigenvalue weighted by Crippen LogP contribution is 2.13. The quantitative estimate of drug-likeness (QED) is 0.769. The fourth-order valence-corrected chi connectivity index (χ4v) is 1.33. The number of benzene rings is 1. The molecule has 2 N–H and O–H groups in total. The van der Waals surface area contributed by atoms with E-state index in [0.29, 0.717) is 6.61 Å². The van der Waals surface area contributed by atoms with Crippen molar-refractivity contribution < 1.29 is 9.47 Å². The summed E-state index contributed by atoms with van der Waals surface area (Å²) >= 11 is 0. The van der Waals surface area contributed by atoms with Crippen molar-refractivity contribution >= 4 is 0 Å². The fraction of sp³-hybridized carbons (Fsp3) is 0.538. The lowest BCUT2D eigenvalue weighted by Crippen LogP contribution is -2.18. The van der Waals surface area contributed by atoms with Gasteiger partial charge >= 0.3 is 0 Å². The molecule has 0 saturated carbocycles. The van der Waals surface area contributed by atoms with Crippen LogP contribution in [0.25, 0.3) is 0 Å². The summed E-state index contributed by atoms with van der Waals surface area (Å²) < 4.78 is 10.6. The SMILES string of the molecule is COCCc1ccc(OCCC(C)N)cc1. The number of methoxy groups -OCH3 is 1. The van der Waals surface area contributed by atoms with Crippen molar-refractivity contribution in [2.45, 2.75) is 25.8 Å². The van der Waals surface area contributed by atoms with Crippen LogP contribution in [0.1, 0.15) is 18.9 Å². The summed E-state index contributed by atoms with van der Waals surface area (Å²) in [5, 5.41) is 0.